The summed E-state index contributed by atoms with van der Waals surface area (Å²) in [5.74, 6) is 2.76. The number of hydrogen-bond acceptors (Lipinski definition) is 6. The lowest BCUT2D eigenvalue weighted by Gasteiger charge is -2.40. The molecule has 5 rings (SSSR count). The molecule has 3 aromatic rings. The Morgan fingerprint density at radius 2 is 1.66 bits per heavy atom. The fourth-order valence-corrected chi connectivity index (χ4v) is 4.70. The molecule has 2 saturated heterocycles. The molecule has 166 valence electrons. The summed E-state index contributed by atoms with van der Waals surface area (Å²) in [6, 6.07) is 14.4. The summed E-state index contributed by atoms with van der Waals surface area (Å²) in [4.78, 5) is 24.1. The van der Waals surface area contributed by atoms with E-state index in [2.05, 4.69) is 49.2 Å². The highest BCUT2D eigenvalue weighted by Gasteiger charge is 2.31. The maximum absolute atomic E-state index is 13.3. The van der Waals surface area contributed by atoms with Crippen LogP contribution in [-0.2, 0) is 4.79 Å². The van der Waals surface area contributed by atoms with Crippen LogP contribution in [0.2, 0.25) is 0 Å². The zero-order valence-corrected chi connectivity index (χ0v) is 18.5. The SMILES string of the molecule is Cc1nccn1-c1ccc(N2CCCC(C(=O)N3CCN(c4ccccc4)CC3)C2)nn1. The third kappa shape index (κ3) is 4.17. The maximum Gasteiger partial charge on any atom is 0.227 e. The summed E-state index contributed by atoms with van der Waals surface area (Å²) in [7, 11) is 0. The van der Waals surface area contributed by atoms with E-state index in [1.807, 2.05) is 40.8 Å². The molecule has 2 aliphatic heterocycles. The third-order valence-electron chi connectivity index (χ3n) is 6.52. The number of piperidine rings is 1. The van der Waals surface area contributed by atoms with Crippen LogP contribution in [-0.4, -0.2) is 69.8 Å². The first kappa shape index (κ1) is 20.5. The molecule has 1 unspecified atom stereocenters. The first-order valence-corrected chi connectivity index (χ1v) is 11.4. The summed E-state index contributed by atoms with van der Waals surface area (Å²) < 4.78 is 1.91. The van der Waals surface area contributed by atoms with Crippen LogP contribution in [0.3, 0.4) is 0 Å². The number of aryl methyl sites for hydroxylation is 1. The van der Waals surface area contributed by atoms with E-state index >= 15 is 0 Å². The highest BCUT2D eigenvalue weighted by molar-refractivity contribution is 5.80. The second-order valence-corrected chi connectivity index (χ2v) is 8.53. The van der Waals surface area contributed by atoms with Crippen molar-refractivity contribution >= 4 is 17.4 Å². The van der Waals surface area contributed by atoms with Gasteiger partial charge in [-0.05, 0) is 44.0 Å². The van der Waals surface area contributed by atoms with Crippen molar-refractivity contribution in [1.29, 1.82) is 0 Å². The van der Waals surface area contributed by atoms with E-state index in [0.717, 1.165) is 63.0 Å². The predicted molar refractivity (Wildman–Crippen MR) is 124 cm³/mol. The molecule has 0 radical (unpaired) electrons. The average Bonchev–Trinajstić information content (AvgIpc) is 3.30. The summed E-state index contributed by atoms with van der Waals surface area (Å²) in [5, 5.41) is 8.83. The standard InChI is InChI=1S/C24H29N7O/c1-19-25-11-13-31(19)23-10-9-22(26-27-23)30-12-5-6-20(18-30)24(32)29-16-14-28(15-17-29)21-7-3-2-4-8-21/h2-4,7-11,13,20H,5-6,12,14-18H2,1H3. The monoisotopic (exact) mass is 431 g/mol. The minimum absolute atomic E-state index is 0.0180. The Balaban J connectivity index is 1.20. The Morgan fingerprint density at radius 3 is 2.34 bits per heavy atom. The van der Waals surface area contributed by atoms with Crippen LogP contribution in [0.4, 0.5) is 11.5 Å². The third-order valence-corrected chi connectivity index (χ3v) is 6.52. The van der Waals surface area contributed by atoms with Crippen molar-refractivity contribution in [2.75, 3.05) is 49.1 Å². The van der Waals surface area contributed by atoms with Crippen molar-refractivity contribution in [1.82, 2.24) is 24.6 Å². The number of imidazole rings is 1. The highest BCUT2D eigenvalue weighted by Crippen LogP contribution is 2.24. The summed E-state index contributed by atoms with van der Waals surface area (Å²) in [5.41, 5.74) is 1.23. The predicted octanol–water partition coefficient (Wildman–Crippen LogP) is 2.54. The first-order valence-electron chi connectivity index (χ1n) is 11.4. The quantitative estimate of drug-likeness (QED) is 0.632. The lowest BCUT2D eigenvalue weighted by molar-refractivity contribution is -0.136. The van der Waals surface area contributed by atoms with E-state index in [1.54, 1.807) is 6.20 Å². The first-order chi connectivity index (χ1) is 15.7. The van der Waals surface area contributed by atoms with Crippen molar-refractivity contribution in [3.63, 3.8) is 0 Å². The molecule has 2 aromatic heterocycles. The Labute approximate surface area is 188 Å². The fraction of sp³-hybridized carbons (Fsp3) is 0.417. The van der Waals surface area contributed by atoms with Gasteiger partial charge in [0.1, 0.15) is 5.82 Å². The fourth-order valence-electron chi connectivity index (χ4n) is 4.70. The molecule has 2 fully saturated rings. The van der Waals surface area contributed by atoms with Crippen LogP contribution < -0.4 is 9.80 Å². The molecule has 0 spiro atoms. The smallest absolute Gasteiger partial charge is 0.227 e. The number of para-hydroxylation sites is 1. The second kappa shape index (κ2) is 8.98. The van der Waals surface area contributed by atoms with E-state index in [-0.39, 0.29) is 11.8 Å². The van der Waals surface area contributed by atoms with Crippen LogP contribution in [0.5, 0.6) is 0 Å². The number of benzene rings is 1. The lowest BCUT2D eigenvalue weighted by atomic mass is 9.96. The number of anilines is 2. The van der Waals surface area contributed by atoms with Gasteiger partial charge >= 0.3 is 0 Å². The van der Waals surface area contributed by atoms with Crippen molar-refractivity contribution in [3.8, 4) is 5.82 Å². The van der Waals surface area contributed by atoms with E-state index in [0.29, 0.717) is 6.54 Å². The van der Waals surface area contributed by atoms with Gasteiger partial charge in [0, 0.05) is 57.3 Å². The molecular formula is C24H29N7O. The molecular weight excluding hydrogens is 402 g/mol. The number of carbonyl (C=O) groups is 1. The largest absolute Gasteiger partial charge is 0.368 e. The number of hydrogen-bond donors (Lipinski definition) is 0. The Hall–Kier alpha value is -3.42. The van der Waals surface area contributed by atoms with Gasteiger partial charge in [-0.1, -0.05) is 18.2 Å². The topological polar surface area (TPSA) is 70.4 Å². The molecule has 0 aliphatic carbocycles. The van der Waals surface area contributed by atoms with Crippen LogP contribution in [0.25, 0.3) is 5.82 Å². The van der Waals surface area contributed by atoms with E-state index < -0.39 is 0 Å². The highest BCUT2D eigenvalue weighted by atomic mass is 16.2. The molecule has 1 atom stereocenters. The van der Waals surface area contributed by atoms with E-state index in [9.17, 15) is 4.79 Å². The van der Waals surface area contributed by atoms with Gasteiger partial charge in [-0.15, -0.1) is 10.2 Å². The van der Waals surface area contributed by atoms with Gasteiger partial charge in [0.15, 0.2) is 11.6 Å². The number of piperazine rings is 1. The van der Waals surface area contributed by atoms with Gasteiger partial charge in [-0.25, -0.2) is 4.98 Å². The van der Waals surface area contributed by atoms with Crippen LogP contribution in [0.1, 0.15) is 18.7 Å². The number of aromatic nitrogens is 4. The zero-order valence-electron chi connectivity index (χ0n) is 18.5. The molecule has 8 nitrogen and oxygen atoms in total. The second-order valence-electron chi connectivity index (χ2n) is 8.53. The van der Waals surface area contributed by atoms with Gasteiger partial charge in [-0.3, -0.25) is 9.36 Å². The molecule has 1 aromatic carbocycles. The van der Waals surface area contributed by atoms with Gasteiger partial charge in [0.05, 0.1) is 5.92 Å². The summed E-state index contributed by atoms with van der Waals surface area (Å²) >= 11 is 0. The molecule has 1 amide bonds. The van der Waals surface area contributed by atoms with Gasteiger partial charge < -0.3 is 14.7 Å². The molecule has 2 aliphatic rings. The van der Waals surface area contributed by atoms with Gasteiger partial charge in [0.25, 0.3) is 0 Å². The average molecular weight is 432 g/mol. The number of carbonyl (C=O) groups excluding carboxylic acids is 1. The normalized spacial score (nSPS) is 19.3. The van der Waals surface area contributed by atoms with Crippen molar-refractivity contribution in [3.05, 3.63) is 60.7 Å². The van der Waals surface area contributed by atoms with Crippen molar-refractivity contribution in [2.24, 2.45) is 5.92 Å². The Kier molecular flexibility index (Phi) is 5.75. The minimum atomic E-state index is 0.0180. The molecule has 4 heterocycles. The lowest BCUT2D eigenvalue weighted by Crippen LogP contribution is -2.52. The van der Waals surface area contributed by atoms with Gasteiger partial charge in [-0.2, -0.15) is 0 Å². The van der Waals surface area contributed by atoms with Crippen LogP contribution in [0, 0.1) is 12.8 Å². The van der Waals surface area contributed by atoms with Crippen molar-refractivity contribution in [2.45, 2.75) is 19.8 Å². The molecule has 0 saturated carbocycles. The number of rotatable bonds is 4. The Morgan fingerprint density at radius 1 is 0.906 bits per heavy atom. The minimum Gasteiger partial charge on any atom is -0.368 e. The van der Waals surface area contributed by atoms with Crippen molar-refractivity contribution < 1.29 is 4.79 Å². The molecule has 32 heavy (non-hydrogen) atoms. The van der Waals surface area contributed by atoms with Crippen LogP contribution in [0.15, 0.2) is 54.9 Å². The molecule has 0 N–H and O–H groups in total. The molecule has 8 heteroatoms. The Bertz CT molecular complexity index is 1040. The van der Waals surface area contributed by atoms with Gasteiger partial charge in [0.2, 0.25) is 5.91 Å². The summed E-state index contributed by atoms with van der Waals surface area (Å²) in [6.07, 6.45) is 5.57. The van der Waals surface area contributed by atoms with E-state index in [4.69, 9.17) is 0 Å². The van der Waals surface area contributed by atoms with E-state index in [1.165, 1.54) is 5.69 Å². The van der Waals surface area contributed by atoms with Crippen LogP contribution >= 0.6 is 0 Å². The maximum atomic E-state index is 13.3. The molecule has 0 bridgehead atoms. The zero-order chi connectivity index (χ0) is 21.9. The summed E-state index contributed by atoms with van der Waals surface area (Å²) in [6.45, 7) is 6.88. The number of nitrogens with zero attached hydrogens (tertiary/aromatic N) is 7. The number of amides is 1.